The number of rotatable bonds is 2. The summed E-state index contributed by atoms with van der Waals surface area (Å²) in [6, 6.07) is 0.605. The van der Waals surface area contributed by atoms with Gasteiger partial charge in [0.25, 0.3) is 0 Å². The molecule has 1 aliphatic carbocycles. The van der Waals surface area contributed by atoms with Crippen LogP contribution in [-0.2, 0) is 4.79 Å². The van der Waals surface area contributed by atoms with E-state index in [4.69, 9.17) is 0 Å². The molecule has 2 saturated heterocycles. The first-order valence-corrected chi connectivity index (χ1v) is 7.85. The molecule has 2 heterocycles. The van der Waals surface area contributed by atoms with Crippen LogP contribution >= 0.6 is 0 Å². The molecule has 3 aliphatic rings. The van der Waals surface area contributed by atoms with Gasteiger partial charge in [-0.25, -0.2) is 0 Å². The summed E-state index contributed by atoms with van der Waals surface area (Å²) in [6.07, 6.45) is 9.75. The Morgan fingerprint density at radius 2 is 1.83 bits per heavy atom. The summed E-state index contributed by atoms with van der Waals surface area (Å²) in [4.78, 5) is 14.8. The lowest BCUT2D eigenvalue weighted by atomic mass is 9.89. The molecule has 0 spiro atoms. The van der Waals surface area contributed by atoms with Gasteiger partial charge in [0, 0.05) is 19.0 Å². The molecule has 18 heavy (non-hydrogen) atoms. The van der Waals surface area contributed by atoms with E-state index < -0.39 is 0 Å². The Bertz CT molecular complexity index is 299. The molecule has 2 unspecified atom stereocenters. The largest absolute Gasteiger partial charge is 0.339 e. The van der Waals surface area contributed by atoms with Crippen LogP contribution in [-0.4, -0.2) is 36.5 Å². The van der Waals surface area contributed by atoms with Crippen molar-refractivity contribution < 1.29 is 4.79 Å². The standard InChI is InChI=1S/C15H26N2O/c18-15(11-12-6-8-16-9-7-12)17-10-2-4-13-3-1-5-14(13)17/h12-14,16H,1-11H2. The second kappa shape index (κ2) is 5.60. The van der Waals surface area contributed by atoms with E-state index in [9.17, 15) is 4.79 Å². The Balaban J connectivity index is 1.57. The van der Waals surface area contributed by atoms with E-state index in [1.807, 2.05) is 0 Å². The van der Waals surface area contributed by atoms with Crippen molar-refractivity contribution in [1.82, 2.24) is 10.2 Å². The smallest absolute Gasteiger partial charge is 0.223 e. The van der Waals surface area contributed by atoms with Crippen LogP contribution in [0.4, 0.5) is 0 Å². The highest BCUT2D eigenvalue weighted by atomic mass is 16.2. The Morgan fingerprint density at radius 1 is 1.06 bits per heavy atom. The monoisotopic (exact) mass is 250 g/mol. The number of carbonyl (C=O) groups is 1. The second-order valence-corrected chi connectivity index (χ2v) is 6.39. The predicted molar refractivity (Wildman–Crippen MR) is 72.3 cm³/mol. The maximum atomic E-state index is 12.5. The molecule has 2 aliphatic heterocycles. The van der Waals surface area contributed by atoms with Gasteiger partial charge in [0.05, 0.1) is 0 Å². The first-order chi connectivity index (χ1) is 8.84. The molecule has 3 nitrogen and oxygen atoms in total. The molecule has 1 N–H and O–H groups in total. The molecule has 0 aromatic rings. The molecule has 1 saturated carbocycles. The average molecular weight is 250 g/mol. The lowest BCUT2D eigenvalue weighted by molar-refractivity contribution is -0.137. The van der Waals surface area contributed by atoms with Crippen LogP contribution in [0.25, 0.3) is 0 Å². The van der Waals surface area contributed by atoms with E-state index in [1.54, 1.807) is 0 Å². The van der Waals surface area contributed by atoms with Crippen LogP contribution in [0.3, 0.4) is 0 Å². The van der Waals surface area contributed by atoms with Gasteiger partial charge in [-0.3, -0.25) is 4.79 Å². The second-order valence-electron chi connectivity index (χ2n) is 6.39. The average Bonchev–Trinajstić information content (AvgIpc) is 2.87. The Hall–Kier alpha value is -0.570. The number of piperidine rings is 2. The Morgan fingerprint density at radius 3 is 2.67 bits per heavy atom. The van der Waals surface area contributed by atoms with E-state index in [1.165, 1.54) is 44.9 Å². The molecule has 2 atom stereocenters. The molecule has 1 amide bonds. The highest BCUT2D eigenvalue weighted by Crippen LogP contribution is 2.37. The van der Waals surface area contributed by atoms with Crippen molar-refractivity contribution in [3.05, 3.63) is 0 Å². The van der Waals surface area contributed by atoms with Gasteiger partial charge in [-0.05, 0) is 63.5 Å². The molecule has 102 valence electrons. The van der Waals surface area contributed by atoms with E-state index in [-0.39, 0.29) is 0 Å². The van der Waals surface area contributed by atoms with Gasteiger partial charge < -0.3 is 10.2 Å². The first kappa shape index (κ1) is 12.5. The Labute approximate surface area is 110 Å². The number of hydrogen-bond donors (Lipinski definition) is 1. The lowest BCUT2D eigenvalue weighted by Gasteiger charge is -2.38. The van der Waals surface area contributed by atoms with Crippen LogP contribution in [0.5, 0.6) is 0 Å². The van der Waals surface area contributed by atoms with Crippen molar-refractivity contribution in [2.24, 2.45) is 11.8 Å². The maximum Gasteiger partial charge on any atom is 0.223 e. The maximum absolute atomic E-state index is 12.5. The third-order valence-electron chi connectivity index (χ3n) is 5.24. The van der Waals surface area contributed by atoms with Crippen molar-refractivity contribution in [1.29, 1.82) is 0 Å². The third kappa shape index (κ3) is 2.56. The fraction of sp³-hybridized carbons (Fsp3) is 0.933. The zero-order chi connectivity index (χ0) is 12.4. The van der Waals surface area contributed by atoms with Gasteiger partial charge in [0.15, 0.2) is 0 Å². The Kier molecular flexibility index (Phi) is 3.88. The summed E-state index contributed by atoms with van der Waals surface area (Å²) in [6.45, 7) is 3.24. The number of carbonyl (C=O) groups excluding carboxylic acids is 1. The summed E-state index contributed by atoms with van der Waals surface area (Å²) in [7, 11) is 0. The number of nitrogens with one attached hydrogen (secondary N) is 1. The van der Waals surface area contributed by atoms with Gasteiger partial charge in [-0.15, -0.1) is 0 Å². The molecule has 3 fully saturated rings. The van der Waals surface area contributed by atoms with Crippen molar-refractivity contribution in [3.63, 3.8) is 0 Å². The first-order valence-electron chi connectivity index (χ1n) is 7.85. The van der Waals surface area contributed by atoms with E-state index in [0.29, 0.717) is 17.9 Å². The lowest BCUT2D eigenvalue weighted by Crippen LogP contribution is -2.47. The number of nitrogens with zero attached hydrogens (tertiary/aromatic N) is 1. The number of likely N-dealkylation sites (tertiary alicyclic amines) is 1. The normalized spacial score (nSPS) is 33.4. The molecule has 0 bridgehead atoms. The van der Waals surface area contributed by atoms with Gasteiger partial charge in [-0.1, -0.05) is 6.42 Å². The predicted octanol–water partition coefficient (Wildman–Crippen LogP) is 2.17. The quantitative estimate of drug-likeness (QED) is 0.814. The van der Waals surface area contributed by atoms with E-state index in [0.717, 1.165) is 32.0 Å². The van der Waals surface area contributed by atoms with Gasteiger partial charge in [-0.2, -0.15) is 0 Å². The fourth-order valence-electron chi connectivity index (χ4n) is 4.21. The summed E-state index contributed by atoms with van der Waals surface area (Å²) in [5.74, 6) is 1.93. The zero-order valence-electron chi connectivity index (χ0n) is 11.4. The molecular formula is C15H26N2O. The van der Waals surface area contributed by atoms with Crippen molar-refractivity contribution in [2.45, 2.75) is 57.4 Å². The fourth-order valence-corrected chi connectivity index (χ4v) is 4.21. The minimum atomic E-state index is 0.457. The molecule has 3 heteroatoms. The summed E-state index contributed by atoms with van der Waals surface area (Å²) in [5.41, 5.74) is 0. The minimum absolute atomic E-state index is 0.457. The van der Waals surface area contributed by atoms with Crippen molar-refractivity contribution >= 4 is 5.91 Å². The summed E-state index contributed by atoms with van der Waals surface area (Å²) < 4.78 is 0. The minimum Gasteiger partial charge on any atom is -0.339 e. The summed E-state index contributed by atoms with van der Waals surface area (Å²) >= 11 is 0. The highest BCUT2D eigenvalue weighted by molar-refractivity contribution is 5.77. The highest BCUT2D eigenvalue weighted by Gasteiger charge is 2.37. The molecule has 0 aromatic heterocycles. The topological polar surface area (TPSA) is 32.3 Å². The van der Waals surface area contributed by atoms with Crippen molar-refractivity contribution in [2.75, 3.05) is 19.6 Å². The van der Waals surface area contributed by atoms with Crippen LogP contribution in [0.2, 0.25) is 0 Å². The molecule has 3 rings (SSSR count). The van der Waals surface area contributed by atoms with Crippen LogP contribution < -0.4 is 5.32 Å². The third-order valence-corrected chi connectivity index (χ3v) is 5.24. The number of amides is 1. The zero-order valence-corrected chi connectivity index (χ0v) is 11.4. The molecule has 0 radical (unpaired) electrons. The molecule has 0 aromatic carbocycles. The SMILES string of the molecule is O=C(CC1CCNCC1)N1CCCC2CCCC21. The van der Waals surface area contributed by atoms with Gasteiger partial charge >= 0.3 is 0 Å². The van der Waals surface area contributed by atoms with Crippen molar-refractivity contribution in [3.8, 4) is 0 Å². The van der Waals surface area contributed by atoms with E-state index >= 15 is 0 Å². The van der Waals surface area contributed by atoms with Crippen LogP contribution in [0.1, 0.15) is 51.4 Å². The van der Waals surface area contributed by atoms with Crippen LogP contribution in [0, 0.1) is 11.8 Å². The van der Waals surface area contributed by atoms with Gasteiger partial charge in [0.1, 0.15) is 0 Å². The number of fused-ring (bicyclic) bond motifs is 1. The van der Waals surface area contributed by atoms with Crippen LogP contribution in [0.15, 0.2) is 0 Å². The summed E-state index contributed by atoms with van der Waals surface area (Å²) in [5, 5.41) is 3.38. The molecular weight excluding hydrogens is 224 g/mol. The van der Waals surface area contributed by atoms with Gasteiger partial charge in [0.2, 0.25) is 5.91 Å². The van der Waals surface area contributed by atoms with E-state index in [2.05, 4.69) is 10.2 Å². The number of hydrogen-bond acceptors (Lipinski definition) is 2.